The number of carbonyl (C=O) groups is 1. The summed E-state index contributed by atoms with van der Waals surface area (Å²) in [5.74, 6) is 0.204. The van der Waals surface area contributed by atoms with Gasteiger partial charge in [-0.3, -0.25) is 4.79 Å². The SMILES string of the molecule is CN1CC[C@]23c4c5ccc(O)c4O[C@H]2C(=O)[C@@H](Cc2ccc4ccccc4c2)C[C@@]3(O)[C@H]1C5. The Kier molecular flexibility index (Phi) is 3.77. The lowest BCUT2D eigenvalue weighted by atomic mass is 9.47. The maximum atomic E-state index is 13.9. The van der Waals surface area contributed by atoms with Crippen molar-refractivity contribution in [2.24, 2.45) is 5.92 Å². The number of likely N-dealkylation sites (N-methyl/N-ethyl adjacent to an activating group) is 1. The third-order valence-corrected chi connectivity index (χ3v) is 8.99. The van der Waals surface area contributed by atoms with E-state index in [4.69, 9.17) is 4.74 Å². The third-order valence-electron chi connectivity index (χ3n) is 8.99. The maximum absolute atomic E-state index is 13.9. The van der Waals surface area contributed by atoms with Crippen molar-refractivity contribution in [1.82, 2.24) is 4.90 Å². The number of ketones is 1. The molecule has 2 bridgehead atoms. The third kappa shape index (κ3) is 2.32. The van der Waals surface area contributed by atoms with E-state index < -0.39 is 17.1 Å². The highest BCUT2D eigenvalue weighted by Crippen LogP contribution is 2.65. The zero-order valence-electron chi connectivity index (χ0n) is 18.6. The van der Waals surface area contributed by atoms with Crippen LogP contribution in [0.3, 0.4) is 0 Å². The lowest BCUT2D eigenvalue weighted by molar-refractivity contribution is -0.194. The quantitative estimate of drug-likeness (QED) is 0.638. The first-order valence-corrected chi connectivity index (χ1v) is 11.9. The van der Waals surface area contributed by atoms with Gasteiger partial charge >= 0.3 is 0 Å². The summed E-state index contributed by atoms with van der Waals surface area (Å²) >= 11 is 0. The molecule has 2 aliphatic heterocycles. The second-order valence-corrected chi connectivity index (χ2v) is 10.5. The summed E-state index contributed by atoms with van der Waals surface area (Å²) < 4.78 is 6.28. The number of carbonyl (C=O) groups excluding carboxylic acids is 1. The molecule has 5 atom stereocenters. The molecule has 168 valence electrons. The minimum Gasteiger partial charge on any atom is -0.504 e. The Bertz CT molecular complexity index is 1330. The molecular formula is C28H27NO4. The van der Waals surface area contributed by atoms with Crippen molar-refractivity contribution >= 4 is 16.6 Å². The Balaban J connectivity index is 1.35. The van der Waals surface area contributed by atoms with E-state index in [0.29, 0.717) is 31.4 Å². The van der Waals surface area contributed by atoms with E-state index in [9.17, 15) is 15.0 Å². The predicted molar refractivity (Wildman–Crippen MR) is 125 cm³/mol. The Morgan fingerprint density at radius 1 is 1.12 bits per heavy atom. The van der Waals surface area contributed by atoms with Crippen LogP contribution in [0.1, 0.15) is 29.5 Å². The highest BCUT2D eigenvalue weighted by Gasteiger charge is 2.74. The first-order chi connectivity index (χ1) is 15.9. The van der Waals surface area contributed by atoms with E-state index in [1.165, 1.54) is 5.39 Å². The van der Waals surface area contributed by atoms with E-state index in [1.54, 1.807) is 6.07 Å². The van der Waals surface area contributed by atoms with Crippen molar-refractivity contribution in [2.75, 3.05) is 13.6 Å². The van der Waals surface area contributed by atoms with Gasteiger partial charge < -0.3 is 19.8 Å². The van der Waals surface area contributed by atoms with Crippen LogP contribution in [0.15, 0.2) is 54.6 Å². The minimum atomic E-state index is -1.08. The Labute approximate surface area is 192 Å². The molecule has 3 aromatic rings. The normalized spacial score (nSPS) is 34.2. The zero-order valence-corrected chi connectivity index (χ0v) is 18.6. The van der Waals surface area contributed by atoms with Crippen molar-refractivity contribution in [3.05, 3.63) is 71.3 Å². The van der Waals surface area contributed by atoms with Crippen LogP contribution >= 0.6 is 0 Å². The largest absolute Gasteiger partial charge is 0.504 e. The zero-order chi connectivity index (χ0) is 22.5. The molecule has 0 amide bonds. The fourth-order valence-electron chi connectivity index (χ4n) is 7.49. The highest BCUT2D eigenvalue weighted by molar-refractivity contribution is 5.92. The summed E-state index contributed by atoms with van der Waals surface area (Å²) in [6, 6.07) is 18.1. The molecule has 2 N–H and O–H groups in total. The standard InChI is InChI=1S/C28H27NO4/c1-29-11-10-27-23-19-8-9-21(30)25(23)33-26(27)24(31)20(15-28(27,32)22(29)14-19)13-16-6-7-17-4-2-3-5-18(17)12-16/h2-9,12,20,22,26,30,32H,10-11,13-15H2,1H3/t20-,22+,26-,27-,28+/m0/s1. The summed E-state index contributed by atoms with van der Waals surface area (Å²) in [5, 5.41) is 25.4. The number of fused-ring (bicyclic) bond motifs is 1. The smallest absolute Gasteiger partial charge is 0.177 e. The van der Waals surface area contributed by atoms with Gasteiger partial charge in [-0.1, -0.05) is 48.5 Å². The van der Waals surface area contributed by atoms with Crippen LogP contribution in [0.25, 0.3) is 10.8 Å². The number of piperidine rings is 1. The van der Waals surface area contributed by atoms with Crippen LogP contribution in [0.4, 0.5) is 0 Å². The first kappa shape index (κ1) is 19.6. The fraction of sp³-hybridized carbons (Fsp3) is 0.393. The predicted octanol–water partition coefficient (Wildman–Crippen LogP) is 3.37. The van der Waals surface area contributed by atoms with E-state index in [1.807, 2.05) is 18.2 Å². The van der Waals surface area contributed by atoms with Gasteiger partial charge in [0.2, 0.25) is 0 Å². The molecule has 4 aliphatic rings. The van der Waals surface area contributed by atoms with E-state index >= 15 is 0 Å². The molecule has 0 unspecified atom stereocenters. The maximum Gasteiger partial charge on any atom is 0.177 e. The minimum absolute atomic E-state index is 0.0552. The van der Waals surface area contributed by atoms with Crippen LogP contribution in [0.2, 0.25) is 0 Å². The molecule has 7 rings (SSSR count). The van der Waals surface area contributed by atoms with Gasteiger partial charge in [-0.05, 0) is 67.2 Å². The number of aromatic hydroxyl groups is 1. The first-order valence-electron chi connectivity index (χ1n) is 11.9. The molecule has 3 aromatic carbocycles. The average molecular weight is 442 g/mol. The van der Waals surface area contributed by atoms with Crippen molar-refractivity contribution in [1.29, 1.82) is 0 Å². The van der Waals surface area contributed by atoms with Gasteiger partial charge in [-0.15, -0.1) is 0 Å². The lowest BCUT2D eigenvalue weighted by Crippen LogP contribution is -2.77. The second-order valence-electron chi connectivity index (χ2n) is 10.5. The van der Waals surface area contributed by atoms with Gasteiger partial charge in [0.25, 0.3) is 0 Å². The van der Waals surface area contributed by atoms with Gasteiger partial charge in [-0.2, -0.15) is 0 Å². The monoisotopic (exact) mass is 441 g/mol. The molecule has 2 aliphatic carbocycles. The summed E-state index contributed by atoms with van der Waals surface area (Å²) in [7, 11) is 2.07. The van der Waals surface area contributed by atoms with Crippen molar-refractivity contribution in [3.8, 4) is 11.5 Å². The fourth-order valence-corrected chi connectivity index (χ4v) is 7.49. The number of benzene rings is 3. The number of likely N-dealkylation sites (tertiary alicyclic amines) is 1. The van der Waals surface area contributed by atoms with Gasteiger partial charge in [0.1, 0.15) is 0 Å². The second kappa shape index (κ2) is 6.37. The average Bonchev–Trinajstić information content (AvgIpc) is 3.17. The molecule has 2 fully saturated rings. The summed E-state index contributed by atoms with van der Waals surface area (Å²) in [6.07, 6.45) is 1.60. The van der Waals surface area contributed by atoms with Gasteiger partial charge in [0.05, 0.1) is 11.0 Å². The lowest BCUT2D eigenvalue weighted by Gasteiger charge is -2.63. The van der Waals surface area contributed by atoms with Crippen molar-refractivity contribution in [3.63, 3.8) is 0 Å². The Hall–Kier alpha value is -2.89. The van der Waals surface area contributed by atoms with Gasteiger partial charge in [0.15, 0.2) is 23.4 Å². The molecule has 1 saturated heterocycles. The number of hydrogen-bond acceptors (Lipinski definition) is 5. The van der Waals surface area contributed by atoms with E-state index in [-0.39, 0.29) is 23.5 Å². The van der Waals surface area contributed by atoms with Crippen LogP contribution in [-0.4, -0.2) is 52.2 Å². The molecule has 0 aromatic heterocycles. The summed E-state index contributed by atoms with van der Waals surface area (Å²) in [5.41, 5.74) is 1.22. The molecule has 5 nitrogen and oxygen atoms in total. The molecule has 1 spiro atoms. The summed E-state index contributed by atoms with van der Waals surface area (Å²) in [4.78, 5) is 16.2. The number of Topliss-reactive ketones (excluding diaryl/α,β-unsaturated/α-hetero) is 1. The molecular weight excluding hydrogens is 414 g/mol. The number of aliphatic hydroxyl groups is 1. The van der Waals surface area contributed by atoms with Crippen molar-refractivity contribution in [2.45, 2.75) is 48.8 Å². The molecule has 1 saturated carbocycles. The number of phenols is 1. The van der Waals surface area contributed by atoms with Crippen LogP contribution in [0, 0.1) is 5.92 Å². The van der Waals surface area contributed by atoms with Crippen molar-refractivity contribution < 1.29 is 19.7 Å². The topological polar surface area (TPSA) is 70.0 Å². The van der Waals surface area contributed by atoms with E-state index in [0.717, 1.165) is 28.6 Å². The molecule has 2 heterocycles. The highest BCUT2D eigenvalue weighted by atomic mass is 16.5. The molecule has 0 radical (unpaired) electrons. The number of ether oxygens (including phenoxy) is 1. The molecule has 5 heteroatoms. The van der Waals surface area contributed by atoms with Crippen LogP contribution < -0.4 is 4.74 Å². The number of hydrogen-bond donors (Lipinski definition) is 2. The van der Waals surface area contributed by atoms with Gasteiger partial charge in [0, 0.05) is 17.5 Å². The van der Waals surface area contributed by atoms with Gasteiger partial charge in [-0.25, -0.2) is 0 Å². The number of nitrogens with zero attached hydrogens (tertiary/aromatic N) is 1. The Morgan fingerprint density at radius 2 is 1.94 bits per heavy atom. The van der Waals surface area contributed by atoms with E-state index in [2.05, 4.69) is 42.3 Å². The van der Waals surface area contributed by atoms with Crippen LogP contribution in [0.5, 0.6) is 11.5 Å². The van der Waals surface area contributed by atoms with Crippen LogP contribution in [-0.2, 0) is 23.1 Å². The molecule has 33 heavy (non-hydrogen) atoms. The number of rotatable bonds is 2. The Morgan fingerprint density at radius 3 is 2.79 bits per heavy atom. The number of phenolic OH excluding ortho intramolecular Hbond substituents is 1. The summed E-state index contributed by atoms with van der Waals surface area (Å²) in [6.45, 7) is 0.796.